The molecule has 2 heteroatoms. The van der Waals surface area contributed by atoms with E-state index in [-0.39, 0.29) is 5.54 Å². The Morgan fingerprint density at radius 2 is 1.67 bits per heavy atom. The molecule has 1 N–H and O–H groups in total. The van der Waals surface area contributed by atoms with E-state index in [2.05, 4.69) is 38.5 Å². The summed E-state index contributed by atoms with van der Waals surface area (Å²) in [6.45, 7) is 10.4. The monoisotopic (exact) mass is 211 g/mol. The fraction of sp³-hybridized carbons (Fsp3) is 0.846. The van der Waals surface area contributed by atoms with E-state index in [1.54, 1.807) is 0 Å². The topological polar surface area (TPSA) is 23.5 Å². The highest BCUT2D eigenvalue weighted by Crippen LogP contribution is 2.29. The molecule has 0 bridgehead atoms. The number of rotatable bonds is 7. The Bertz CT molecular complexity index is 199. The van der Waals surface area contributed by atoms with Gasteiger partial charge in [0, 0.05) is 12.0 Å². The molecule has 88 valence electrons. The number of aliphatic hydroxyl groups is 1. The van der Waals surface area contributed by atoms with Crippen molar-refractivity contribution < 1.29 is 5.11 Å². The lowest BCUT2D eigenvalue weighted by atomic mass is 9.83. The van der Waals surface area contributed by atoms with E-state index < -0.39 is 6.10 Å². The third-order valence-corrected chi connectivity index (χ3v) is 3.55. The molecule has 0 aromatic carbocycles. The fourth-order valence-corrected chi connectivity index (χ4v) is 2.53. The zero-order valence-corrected chi connectivity index (χ0v) is 10.6. The Labute approximate surface area is 94.7 Å². The Hall–Kier alpha value is -0.520. The van der Waals surface area contributed by atoms with Crippen LogP contribution < -0.4 is 0 Å². The fourth-order valence-electron chi connectivity index (χ4n) is 2.53. The smallest absolute Gasteiger partial charge is 0.0832 e. The molecule has 0 aliphatic rings. The minimum atomic E-state index is -0.419. The van der Waals surface area contributed by atoms with Crippen molar-refractivity contribution in [2.75, 3.05) is 13.1 Å². The van der Waals surface area contributed by atoms with Gasteiger partial charge in [-0.15, -0.1) is 12.3 Å². The number of hydrogen-bond donors (Lipinski definition) is 1. The highest BCUT2D eigenvalue weighted by Gasteiger charge is 2.38. The van der Waals surface area contributed by atoms with Crippen molar-refractivity contribution in [3.63, 3.8) is 0 Å². The molecule has 0 aromatic heterocycles. The van der Waals surface area contributed by atoms with Crippen LogP contribution in [0.2, 0.25) is 0 Å². The zero-order valence-electron chi connectivity index (χ0n) is 10.6. The van der Waals surface area contributed by atoms with Crippen LogP contribution in [0, 0.1) is 12.3 Å². The van der Waals surface area contributed by atoms with Crippen LogP contribution in [-0.2, 0) is 0 Å². The van der Waals surface area contributed by atoms with Crippen molar-refractivity contribution in [2.24, 2.45) is 0 Å². The molecule has 0 aliphatic heterocycles. The first-order valence-corrected chi connectivity index (χ1v) is 5.99. The average molecular weight is 211 g/mol. The first-order valence-electron chi connectivity index (χ1n) is 5.99. The van der Waals surface area contributed by atoms with Gasteiger partial charge >= 0.3 is 0 Å². The van der Waals surface area contributed by atoms with Gasteiger partial charge in [-0.25, -0.2) is 0 Å². The lowest BCUT2D eigenvalue weighted by Crippen LogP contribution is -2.55. The molecule has 0 saturated heterocycles. The zero-order chi connectivity index (χ0) is 11.9. The molecule has 0 rings (SSSR count). The van der Waals surface area contributed by atoms with Crippen molar-refractivity contribution in [2.45, 2.75) is 58.6 Å². The Kier molecular flexibility index (Phi) is 6.63. The van der Waals surface area contributed by atoms with Gasteiger partial charge in [-0.2, -0.15) is 0 Å². The Morgan fingerprint density at radius 3 is 1.93 bits per heavy atom. The summed E-state index contributed by atoms with van der Waals surface area (Å²) in [6.07, 6.45) is 7.19. The number of hydrogen-bond acceptors (Lipinski definition) is 2. The van der Waals surface area contributed by atoms with Crippen LogP contribution in [0.5, 0.6) is 0 Å². The van der Waals surface area contributed by atoms with E-state index >= 15 is 0 Å². The van der Waals surface area contributed by atoms with Crippen molar-refractivity contribution >= 4 is 0 Å². The van der Waals surface area contributed by atoms with Crippen molar-refractivity contribution in [1.29, 1.82) is 0 Å². The summed E-state index contributed by atoms with van der Waals surface area (Å²) in [6, 6.07) is 0. The summed E-state index contributed by atoms with van der Waals surface area (Å²) in [4.78, 5) is 2.33. The maximum absolute atomic E-state index is 10.2. The van der Waals surface area contributed by atoms with E-state index in [9.17, 15) is 5.11 Å². The normalized spacial score (nSPS) is 13.9. The molecule has 0 heterocycles. The number of nitrogens with zero attached hydrogens (tertiary/aromatic N) is 1. The maximum Gasteiger partial charge on any atom is 0.0832 e. The summed E-state index contributed by atoms with van der Waals surface area (Å²) in [5.41, 5.74) is -0.143. The third kappa shape index (κ3) is 2.96. The van der Waals surface area contributed by atoms with E-state index in [4.69, 9.17) is 6.42 Å². The minimum absolute atomic E-state index is 0.143. The Morgan fingerprint density at radius 1 is 1.20 bits per heavy atom. The number of aliphatic hydroxyl groups excluding tert-OH is 1. The Balaban J connectivity index is 4.93. The quantitative estimate of drug-likeness (QED) is 0.653. The van der Waals surface area contributed by atoms with Crippen LogP contribution in [0.4, 0.5) is 0 Å². The van der Waals surface area contributed by atoms with Gasteiger partial charge in [0.25, 0.3) is 0 Å². The molecule has 0 amide bonds. The molecule has 1 unspecified atom stereocenters. The summed E-state index contributed by atoms with van der Waals surface area (Å²) < 4.78 is 0. The molecule has 0 spiro atoms. The van der Waals surface area contributed by atoms with Gasteiger partial charge in [-0.1, -0.05) is 27.7 Å². The summed E-state index contributed by atoms with van der Waals surface area (Å²) in [7, 11) is 0. The molecular weight excluding hydrogens is 186 g/mol. The molecule has 2 nitrogen and oxygen atoms in total. The molecule has 0 saturated carbocycles. The SMILES string of the molecule is C#CCC(O)C(CC)(CC)N(CC)CC. The van der Waals surface area contributed by atoms with E-state index in [1.807, 2.05) is 0 Å². The van der Waals surface area contributed by atoms with Crippen LogP contribution in [0.3, 0.4) is 0 Å². The summed E-state index contributed by atoms with van der Waals surface area (Å²) >= 11 is 0. The second-order valence-electron chi connectivity index (χ2n) is 3.91. The first-order chi connectivity index (χ1) is 7.12. The van der Waals surface area contributed by atoms with Gasteiger partial charge in [-0.3, -0.25) is 4.90 Å². The molecule has 15 heavy (non-hydrogen) atoms. The highest BCUT2D eigenvalue weighted by molar-refractivity contribution is 5.00. The lowest BCUT2D eigenvalue weighted by Gasteiger charge is -2.45. The van der Waals surface area contributed by atoms with Crippen molar-refractivity contribution in [3.8, 4) is 12.3 Å². The molecule has 0 aliphatic carbocycles. The molecule has 0 aromatic rings. The van der Waals surface area contributed by atoms with Gasteiger partial charge in [0.05, 0.1) is 6.10 Å². The summed E-state index contributed by atoms with van der Waals surface area (Å²) in [5, 5.41) is 10.2. The average Bonchev–Trinajstić information content (AvgIpc) is 2.26. The predicted octanol–water partition coefficient (Wildman–Crippen LogP) is 2.27. The van der Waals surface area contributed by atoms with Gasteiger partial charge in [-0.05, 0) is 25.9 Å². The highest BCUT2D eigenvalue weighted by atomic mass is 16.3. The van der Waals surface area contributed by atoms with Crippen LogP contribution in [0.15, 0.2) is 0 Å². The second kappa shape index (κ2) is 6.87. The number of likely N-dealkylation sites (N-methyl/N-ethyl adjacent to an activating group) is 1. The lowest BCUT2D eigenvalue weighted by molar-refractivity contribution is -0.0317. The molecule has 0 radical (unpaired) electrons. The standard InChI is InChI=1S/C13H25NO/c1-6-11-12(15)13(7-2,8-3)14(9-4)10-5/h1,12,15H,7-11H2,2-5H3. The first kappa shape index (κ1) is 14.5. The minimum Gasteiger partial charge on any atom is -0.390 e. The van der Waals surface area contributed by atoms with Gasteiger partial charge in [0.2, 0.25) is 0 Å². The van der Waals surface area contributed by atoms with Gasteiger partial charge in [0.1, 0.15) is 0 Å². The maximum atomic E-state index is 10.2. The van der Waals surface area contributed by atoms with Crippen LogP contribution in [-0.4, -0.2) is 34.7 Å². The third-order valence-electron chi connectivity index (χ3n) is 3.55. The largest absolute Gasteiger partial charge is 0.390 e. The van der Waals surface area contributed by atoms with Gasteiger partial charge in [0.15, 0.2) is 0 Å². The molecule has 1 atom stereocenters. The van der Waals surface area contributed by atoms with Gasteiger partial charge < -0.3 is 5.11 Å². The van der Waals surface area contributed by atoms with E-state index in [0.717, 1.165) is 25.9 Å². The second-order valence-corrected chi connectivity index (χ2v) is 3.91. The molecular formula is C13H25NO. The van der Waals surface area contributed by atoms with E-state index in [1.165, 1.54) is 0 Å². The molecule has 0 fully saturated rings. The van der Waals surface area contributed by atoms with Crippen LogP contribution in [0.1, 0.15) is 47.0 Å². The van der Waals surface area contributed by atoms with Crippen molar-refractivity contribution in [1.82, 2.24) is 4.90 Å². The number of terminal acetylenes is 1. The van der Waals surface area contributed by atoms with Crippen LogP contribution >= 0.6 is 0 Å². The van der Waals surface area contributed by atoms with Crippen LogP contribution in [0.25, 0.3) is 0 Å². The predicted molar refractivity (Wildman–Crippen MR) is 65.7 cm³/mol. The van der Waals surface area contributed by atoms with Crippen molar-refractivity contribution in [3.05, 3.63) is 0 Å². The van der Waals surface area contributed by atoms with E-state index in [0.29, 0.717) is 6.42 Å². The summed E-state index contributed by atoms with van der Waals surface area (Å²) in [5.74, 6) is 2.57.